The average Bonchev–Trinajstić information content (AvgIpc) is 2.24. The third-order valence-electron chi connectivity index (χ3n) is 4.78. The fraction of sp³-hybridized carbons (Fsp3) is 0.929. The zero-order chi connectivity index (χ0) is 12.4. The van der Waals surface area contributed by atoms with E-state index < -0.39 is 0 Å². The third kappa shape index (κ3) is 3.01. The van der Waals surface area contributed by atoms with E-state index in [4.69, 9.17) is 5.73 Å². The summed E-state index contributed by atoms with van der Waals surface area (Å²) in [7, 11) is 0. The molecule has 2 saturated carbocycles. The van der Waals surface area contributed by atoms with Crippen LogP contribution in [0.5, 0.6) is 0 Å². The lowest BCUT2D eigenvalue weighted by Crippen LogP contribution is -2.50. The first-order valence-corrected chi connectivity index (χ1v) is 7.09. The number of rotatable bonds is 4. The summed E-state index contributed by atoms with van der Waals surface area (Å²) in [4.78, 5) is 12.1. The highest BCUT2D eigenvalue weighted by Gasteiger charge is 2.39. The van der Waals surface area contributed by atoms with Crippen LogP contribution in [0.2, 0.25) is 0 Å². The molecule has 0 aromatic rings. The summed E-state index contributed by atoms with van der Waals surface area (Å²) < 4.78 is 0. The van der Waals surface area contributed by atoms with Crippen molar-refractivity contribution in [3.05, 3.63) is 0 Å². The molecular weight excluding hydrogens is 212 g/mol. The normalized spacial score (nSPS) is 26.0. The summed E-state index contributed by atoms with van der Waals surface area (Å²) in [5.74, 6) is 0.222. The Balaban J connectivity index is 1.84. The SMILES string of the molecule is CC1(NC(=O)CC2(CN)CCC2)CCCCC1. The first-order chi connectivity index (χ1) is 8.08. The summed E-state index contributed by atoms with van der Waals surface area (Å²) in [5.41, 5.74) is 5.99. The van der Waals surface area contributed by atoms with Gasteiger partial charge in [-0.2, -0.15) is 0 Å². The minimum absolute atomic E-state index is 0.0505. The molecule has 0 aliphatic heterocycles. The fourth-order valence-corrected chi connectivity index (χ4v) is 3.31. The molecular formula is C14H26N2O. The van der Waals surface area contributed by atoms with Gasteiger partial charge in [0.2, 0.25) is 5.91 Å². The number of carbonyl (C=O) groups excluding carboxylic acids is 1. The Morgan fingerprint density at radius 3 is 2.24 bits per heavy atom. The van der Waals surface area contributed by atoms with Crippen LogP contribution in [0, 0.1) is 5.41 Å². The van der Waals surface area contributed by atoms with Crippen molar-refractivity contribution in [1.82, 2.24) is 5.32 Å². The van der Waals surface area contributed by atoms with E-state index in [1.54, 1.807) is 0 Å². The molecule has 0 radical (unpaired) electrons. The molecule has 3 N–H and O–H groups in total. The molecule has 2 fully saturated rings. The van der Waals surface area contributed by atoms with Crippen LogP contribution < -0.4 is 11.1 Å². The average molecular weight is 238 g/mol. The highest BCUT2D eigenvalue weighted by Crippen LogP contribution is 2.43. The predicted molar refractivity (Wildman–Crippen MR) is 69.6 cm³/mol. The molecule has 0 unspecified atom stereocenters. The number of hydrogen-bond donors (Lipinski definition) is 2. The maximum Gasteiger partial charge on any atom is 0.221 e. The zero-order valence-corrected chi connectivity index (χ0v) is 11.1. The Kier molecular flexibility index (Phi) is 3.76. The molecule has 0 aromatic carbocycles. The quantitative estimate of drug-likeness (QED) is 0.790. The lowest BCUT2D eigenvalue weighted by molar-refractivity contribution is -0.126. The molecule has 0 atom stereocenters. The van der Waals surface area contributed by atoms with Gasteiger partial charge in [-0.25, -0.2) is 0 Å². The van der Waals surface area contributed by atoms with Crippen LogP contribution in [0.3, 0.4) is 0 Å². The molecule has 98 valence electrons. The van der Waals surface area contributed by atoms with Gasteiger partial charge in [-0.3, -0.25) is 4.79 Å². The van der Waals surface area contributed by atoms with Crippen molar-refractivity contribution < 1.29 is 4.79 Å². The second-order valence-corrected chi connectivity index (χ2v) is 6.40. The maximum absolute atomic E-state index is 12.1. The second-order valence-electron chi connectivity index (χ2n) is 6.40. The Hall–Kier alpha value is -0.570. The standard InChI is InChI=1S/C14H26N2O/c1-13(6-3-2-4-7-13)16-12(17)10-14(11-15)8-5-9-14/h2-11,15H2,1H3,(H,16,17). The van der Waals surface area contributed by atoms with Gasteiger partial charge < -0.3 is 11.1 Å². The Labute approximate surface area is 105 Å². The summed E-state index contributed by atoms with van der Waals surface area (Å²) in [6.45, 7) is 2.86. The molecule has 2 aliphatic rings. The van der Waals surface area contributed by atoms with Crippen molar-refractivity contribution in [1.29, 1.82) is 0 Å². The van der Waals surface area contributed by atoms with E-state index in [1.807, 2.05) is 0 Å². The van der Waals surface area contributed by atoms with Crippen molar-refractivity contribution >= 4 is 5.91 Å². The lowest BCUT2D eigenvalue weighted by Gasteiger charge is -2.42. The van der Waals surface area contributed by atoms with Gasteiger partial charge >= 0.3 is 0 Å². The van der Waals surface area contributed by atoms with Crippen LogP contribution in [-0.2, 0) is 4.79 Å². The van der Waals surface area contributed by atoms with E-state index >= 15 is 0 Å². The van der Waals surface area contributed by atoms with Crippen molar-refractivity contribution in [2.24, 2.45) is 11.1 Å². The molecule has 3 heteroatoms. The number of nitrogens with one attached hydrogen (secondary N) is 1. The summed E-state index contributed by atoms with van der Waals surface area (Å²) >= 11 is 0. The van der Waals surface area contributed by atoms with Crippen LogP contribution in [0.25, 0.3) is 0 Å². The topological polar surface area (TPSA) is 55.1 Å². The monoisotopic (exact) mass is 238 g/mol. The van der Waals surface area contributed by atoms with E-state index in [0.29, 0.717) is 13.0 Å². The molecule has 0 heterocycles. The van der Waals surface area contributed by atoms with Crippen molar-refractivity contribution in [3.63, 3.8) is 0 Å². The van der Waals surface area contributed by atoms with Gasteiger partial charge in [0.15, 0.2) is 0 Å². The summed E-state index contributed by atoms with van der Waals surface area (Å²) in [5, 5.41) is 3.26. The number of nitrogens with two attached hydrogens (primary N) is 1. The summed E-state index contributed by atoms with van der Waals surface area (Å²) in [6, 6.07) is 0. The molecule has 2 rings (SSSR count). The molecule has 1 amide bonds. The Bertz CT molecular complexity index is 272. The molecule has 0 aromatic heterocycles. The second kappa shape index (κ2) is 4.97. The van der Waals surface area contributed by atoms with Crippen LogP contribution in [0.15, 0.2) is 0 Å². The number of amides is 1. The zero-order valence-electron chi connectivity index (χ0n) is 11.1. The molecule has 17 heavy (non-hydrogen) atoms. The first kappa shape index (κ1) is 12.9. The highest BCUT2D eigenvalue weighted by atomic mass is 16.1. The Morgan fingerprint density at radius 2 is 1.76 bits per heavy atom. The Morgan fingerprint density at radius 1 is 1.12 bits per heavy atom. The third-order valence-corrected chi connectivity index (χ3v) is 4.78. The summed E-state index contributed by atoms with van der Waals surface area (Å²) in [6.07, 6.45) is 10.2. The fourth-order valence-electron chi connectivity index (χ4n) is 3.31. The van der Waals surface area contributed by atoms with Gasteiger partial charge in [0.1, 0.15) is 0 Å². The van der Waals surface area contributed by atoms with Crippen LogP contribution in [0.4, 0.5) is 0 Å². The van der Waals surface area contributed by atoms with Crippen LogP contribution in [-0.4, -0.2) is 18.0 Å². The lowest BCUT2D eigenvalue weighted by atomic mass is 9.66. The minimum Gasteiger partial charge on any atom is -0.351 e. The molecule has 2 aliphatic carbocycles. The predicted octanol–water partition coefficient (Wildman–Crippen LogP) is 2.34. The van der Waals surface area contributed by atoms with Crippen LogP contribution in [0.1, 0.15) is 64.7 Å². The van der Waals surface area contributed by atoms with Gasteiger partial charge in [-0.15, -0.1) is 0 Å². The van der Waals surface area contributed by atoms with Crippen LogP contribution >= 0.6 is 0 Å². The highest BCUT2D eigenvalue weighted by molar-refractivity contribution is 5.77. The smallest absolute Gasteiger partial charge is 0.221 e. The number of hydrogen-bond acceptors (Lipinski definition) is 2. The minimum atomic E-state index is 0.0505. The van der Waals surface area contributed by atoms with E-state index in [-0.39, 0.29) is 16.9 Å². The van der Waals surface area contributed by atoms with Gasteiger partial charge in [0.25, 0.3) is 0 Å². The molecule has 0 spiro atoms. The van der Waals surface area contributed by atoms with E-state index in [9.17, 15) is 4.79 Å². The van der Waals surface area contributed by atoms with Gasteiger partial charge in [0, 0.05) is 12.0 Å². The van der Waals surface area contributed by atoms with Gasteiger partial charge in [-0.05, 0) is 44.6 Å². The van der Waals surface area contributed by atoms with Gasteiger partial charge in [0.05, 0.1) is 0 Å². The molecule has 3 nitrogen and oxygen atoms in total. The van der Waals surface area contributed by atoms with Gasteiger partial charge in [-0.1, -0.05) is 25.7 Å². The molecule has 0 bridgehead atoms. The van der Waals surface area contributed by atoms with Crippen molar-refractivity contribution in [2.45, 2.75) is 70.3 Å². The van der Waals surface area contributed by atoms with E-state index in [0.717, 1.165) is 25.7 Å². The number of carbonyl (C=O) groups is 1. The van der Waals surface area contributed by atoms with Crippen molar-refractivity contribution in [2.75, 3.05) is 6.54 Å². The molecule has 0 saturated heterocycles. The van der Waals surface area contributed by atoms with Crippen molar-refractivity contribution in [3.8, 4) is 0 Å². The van der Waals surface area contributed by atoms with E-state index in [1.165, 1.54) is 25.7 Å². The first-order valence-electron chi connectivity index (χ1n) is 7.09. The maximum atomic E-state index is 12.1. The van der Waals surface area contributed by atoms with E-state index in [2.05, 4.69) is 12.2 Å². The largest absolute Gasteiger partial charge is 0.351 e.